The predicted octanol–water partition coefficient (Wildman–Crippen LogP) is 8.23. The molecule has 5 aliphatic rings. The van der Waals surface area contributed by atoms with Gasteiger partial charge in [0.15, 0.2) is 0 Å². The van der Waals surface area contributed by atoms with Gasteiger partial charge in [-0.2, -0.15) is 0 Å². The summed E-state index contributed by atoms with van der Waals surface area (Å²) >= 11 is 11.4. The summed E-state index contributed by atoms with van der Waals surface area (Å²) in [5, 5.41) is 0. The standard InChI is InChI=1S/5C3H6S2.Ta/c5*4-3-1-2-5-3;/h5*3-4H,1-2H2;/q;;;;;+5/p-5. The van der Waals surface area contributed by atoms with Crippen molar-refractivity contribution in [2.75, 3.05) is 28.8 Å². The fourth-order valence-electron chi connectivity index (χ4n) is 2.69. The van der Waals surface area contributed by atoms with E-state index in [-0.39, 0.29) is 0 Å². The summed E-state index contributed by atoms with van der Waals surface area (Å²) in [5.41, 5.74) is 0. The average molecular weight is 707 g/mol. The van der Waals surface area contributed by atoms with Crippen LogP contribution in [0.25, 0.3) is 0 Å². The molecule has 5 aliphatic heterocycles. The summed E-state index contributed by atoms with van der Waals surface area (Å²) in [6.45, 7) is 0. The molecule has 5 atom stereocenters. The van der Waals surface area contributed by atoms with E-state index in [1.807, 2.05) is 0 Å². The van der Waals surface area contributed by atoms with Crippen molar-refractivity contribution in [1.29, 1.82) is 0 Å². The van der Waals surface area contributed by atoms with Crippen molar-refractivity contribution in [3.05, 3.63) is 0 Å². The molecule has 11 heteroatoms. The van der Waals surface area contributed by atoms with Crippen molar-refractivity contribution in [3.8, 4) is 0 Å². The molecule has 5 heterocycles. The minimum absolute atomic E-state index is 0.924. The maximum atomic E-state index is 2.61. The van der Waals surface area contributed by atoms with Gasteiger partial charge in [-0.25, -0.2) is 0 Å². The van der Waals surface area contributed by atoms with E-state index in [1.54, 1.807) is 0 Å². The number of thioether (sulfide) groups is 5. The third-order valence-electron chi connectivity index (χ3n) is 4.73. The first-order valence-corrected chi connectivity index (χ1v) is 38.4. The van der Waals surface area contributed by atoms with E-state index < -0.39 is 9.18 Å². The van der Waals surface area contributed by atoms with Gasteiger partial charge in [-0.3, -0.25) is 0 Å². The topological polar surface area (TPSA) is 0 Å². The zero-order valence-corrected chi connectivity index (χ0v) is 25.9. The van der Waals surface area contributed by atoms with Gasteiger partial charge in [0.25, 0.3) is 0 Å². The molecule has 5 fully saturated rings. The monoisotopic (exact) mass is 706 g/mol. The van der Waals surface area contributed by atoms with Crippen LogP contribution in [0.3, 0.4) is 0 Å². The van der Waals surface area contributed by atoms with E-state index >= 15 is 0 Å². The molecule has 0 saturated carbocycles. The molecule has 26 heavy (non-hydrogen) atoms. The van der Waals surface area contributed by atoms with Gasteiger partial charge in [-0.1, -0.05) is 0 Å². The Morgan fingerprint density at radius 1 is 0.423 bits per heavy atom. The number of rotatable bonds is 10. The Labute approximate surface area is 195 Å². The zero-order chi connectivity index (χ0) is 17.5. The van der Waals surface area contributed by atoms with Gasteiger partial charge in [-0.15, -0.1) is 0 Å². The molecule has 5 unspecified atom stereocenters. The van der Waals surface area contributed by atoms with Gasteiger partial charge >= 0.3 is 198 Å². The van der Waals surface area contributed by atoms with Gasteiger partial charge in [0.2, 0.25) is 0 Å². The van der Waals surface area contributed by atoms with Crippen molar-refractivity contribution in [2.24, 2.45) is 0 Å². The van der Waals surface area contributed by atoms with Crippen LogP contribution >= 0.6 is 105 Å². The summed E-state index contributed by atoms with van der Waals surface area (Å²) in [5.74, 6) is 7.09. The van der Waals surface area contributed by atoms with Gasteiger partial charge in [0.1, 0.15) is 0 Å². The van der Waals surface area contributed by atoms with Gasteiger partial charge in [-0.05, 0) is 0 Å². The summed E-state index contributed by atoms with van der Waals surface area (Å²) in [7, 11) is 9.82. The van der Waals surface area contributed by atoms with Crippen molar-refractivity contribution in [3.63, 3.8) is 0 Å². The predicted molar refractivity (Wildman–Crippen MR) is 142 cm³/mol. The zero-order valence-electron chi connectivity index (χ0n) is 14.5. The van der Waals surface area contributed by atoms with Crippen LogP contribution in [0.1, 0.15) is 32.1 Å². The first-order chi connectivity index (χ1) is 12.7. The molecule has 0 amide bonds. The Kier molecular flexibility index (Phi) is 8.16. The second-order valence-corrected chi connectivity index (χ2v) is 84.2. The Morgan fingerprint density at radius 2 is 0.615 bits per heavy atom. The van der Waals surface area contributed by atoms with Gasteiger partial charge in [0.05, 0.1) is 0 Å². The van der Waals surface area contributed by atoms with Crippen molar-refractivity contribution < 1.29 is 9.18 Å². The minimum atomic E-state index is -3.24. The van der Waals surface area contributed by atoms with Crippen molar-refractivity contribution >= 4 is 105 Å². The fraction of sp³-hybridized carbons (Fsp3) is 1.00. The van der Waals surface area contributed by atoms with E-state index in [0.29, 0.717) is 0 Å². The van der Waals surface area contributed by atoms with E-state index in [2.05, 4.69) is 105 Å². The second kappa shape index (κ2) is 9.62. The van der Waals surface area contributed by atoms with Crippen molar-refractivity contribution in [1.82, 2.24) is 0 Å². The normalized spacial score (nSPS) is 40.8. The third-order valence-corrected chi connectivity index (χ3v) is 100. The molecular formula is C15H25S10Ta. The van der Waals surface area contributed by atoms with Crippen molar-refractivity contribution in [2.45, 2.75) is 55.0 Å². The maximum absolute atomic E-state index is 3.24. The van der Waals surface area contributed by atoms with Crippen LogP contribution in [0, 0.1) is 0 Å². The SMILES string of the molecule is C1CC([S][Ta]([S]C2CCS2)([S]C2CCS2)([S]C2CCS2)[S]C2CCS2)S1. The first kappa shape index (κ1) is 22.1. The van der Waals surface area contributed by atoms with Crippen LogP contribution in [-0.4, -0.2) is 51.7 Å². The molecular weight excluding hydrogens is 682 g/mol. The van der Waals surface area contributed by atoms with E-state index in [9.17, 15) is 0 Å². The molecule has 5 rings (SSSR count). The van der Waals surface area contributed by atoms with Crippen LogP contribution in [-0.2, 0) is 9.18 Å². The van der Waals surface area contributed by atoms with Gasteiger partial charge in [0, 0.05) is 0 Å². The number of hydrogen-bond donors (Lipinski definition) is 0. The van der Waals surface area contributed by atoms with Crippen LogP contribution in [0.2, 0.25) is 0 Å². The summed E-state index contributed by atoms with van der Waals surface area (Å²) in [4.78, 5) is 0. The van der Waals surface area contributed by atoms with E-state index in [1.165, 1.54) is 60.9 Å². The van der Waals surface area contributed by atoms with Crippen LogP contribution in [0.5, 0.6) is 0 Å². The van der Waals surface area contributed by atoms with E-state index in [4.69, 9.17) is 0 Å². The Balaban J connectivity index is 1.46. The molecule has 150 valence electrons. The molecule has 0 aromatic heterocycles. The molecule has 0 spiro atoms. The first-order valence-electron chi connectivity index (χ1n) is 9.25. The van der Waals surface area contributed by atoms with Crippen LogP contribution < -0.4 is 0 Å². The Bertz CT molecular complexity index is 390. The average Bonchev–Trinajstić information content (AvgIpc) is 2.44. The molecule has 0 aliphatic carbocycles. The third kappa shape index (κ3) is 5.08. The Morgan fingerprint density at radius 3 is 0.731 bits per heavy atom. The molecule has 0 N–H and O–H groups in total. The molecule has 0 radical (unpaired) electrons. The molecule has 0 aromatic carbocycles. The molecule has 0 aromatic rings. The number of hydrogen-bond acceptors (Lipinski definition) is 10. The van der Waals surface area contributed by atoms with Crippen LogP contribution in [0.15, 0.2) is 0 Å². The second-order valence-electron chi connectivity index (χ2n) is 6.72. The summed E-state index contributed by atoms with van der Waals surface area (Å²) in [6.07, 6.45) is 7.40. The van der Waals surface area contributed by atoms with E-state index in [0.717, 1.165) is 22.9 Å². The summed E-state index contributed by atoms with van der Waals surface area (Å²) < 4.78 is 4.62. The van der Waals surface area contributed by atoms with Gasteiger partial charge < -0.3 is 0 Å². The fourth-order valence-corrected chi connectivity index (χ4v) is 165. The summed E-state index contributed by atoms with van der Waals surface area (Å²) in [6, 6.07) is 0. The Hall–Kier alpha value is 4.24. The molecule has 0 nitrogen and oxygen atoms in total. The molecule has 0 bridgehead atoms. The molecule has 5 saturated heterocycles. The quantitative estimate of drug-likeness (QED) is 0.217. The van der Waals surface area contributed by atoms with Crippen LogP contribution in [0.4, 0.5) is 0 Å².